The van der Waals surface area contributed by atoms with Crippen LogP contribution in [-0.4, -0.2) is 82.3 Å². The van der Waals surface area contributed by atoms with E-state index >= 15 is 0 Å². The molecule has 0 aromatic carbocycles. The number of carboxylic acids is 1. The van der Waals surface area contributed by atoms with Gasteiger partial charge in [-0.2, -0.15) is 0 Å². The third kappa shape index (κ3) is 6.52. The molecule has 0 aliphatic carbocycles. The van der Waals surface area contributed by atoms with Crippen LogP contribution in [0.2, 0.25) is 0 Å². The lowest BCUT2D eigenvalue weighted by Gasteiger charge is -2.29. The van der Waals surface area contributed by atoms with Gasteiger partial charge >= 0.3 is 5.97 Å². The molecule has 0 bridgehead atoms. The van der Waals surface area contributed by atoms with E-state index in [0.29, 0.717) is 45.3 Å². The lowest BCUT2D eigenvalue weighted by atomic mass is 10.1. The maximum absolute atomic E-state index is 12.7. The van der Waals surface area contributed by atoms with Crippen LogP contribution in [0.3, 0.4) is 0 Å². The Hall–Kier alpha value is -2.12. The summed E-state index contributed by atoms with van der Waals surface area (Å²) in [6.45, 7) is 2.89. The molecule has 0 spiro atoms. The molecule has 1 atom stereocenters. The summed E-state index contributed by atoms with van der Waals surface area (Å²) in [7, 11) is 0. The summed E-state index contributed by atoms with van der Waals surface area (Å²) in [5.41, 5.74) is 0. The minimum atomic E-state index is -1.03. The highest BCUT2D eigenvalue weighted by molar-refractivity contribution is 5.85. The number of aliphatic carboxylic acids is 1. The zero-order valence-corrected chi connectivity index (χ0v) is 16.2. The lowest BCUT2D eigenvalue weighted by Crippen LogP contribution is -2.45. The summed E-state index contributed by atoms with van der Waals surface area (Å²) < 4.78 is 0. The highest BCUT2D eigenvalue weighted by Gasteiger charge is 2.28. The molecule has 2 fully saturated rings. The number of hydrogen-bond acceptors (Lipinski definition) is 4. The predicted octanol–water partition coefficient (Wildman–Crippen LogP) is 1.09. The average molecular weight is 381 g/mol. The van der Waals surface area contributed by atoms with Gasteiger partial charge in [0.2, 0.25) is 17.7 Å². The monoisotopic (exact) mass is 381 g/mol. The van der Waals surface area contributed by atoms with E-state index in [9.17, 15) is 19.2 Å². The van der Waals surface area contributed by atoms with Crippen LogP contribution in [0.1, 0.15) is 58.3 Å². The Morgan fingerprint density at radius 2 is 1.78 bits per heavy atom. The van der Waals surface area contributed by atoms with Crippen LogP contribution in [0.4, 0.5) is 0 Å². The Bertz CT molecular complexity index is 566. The molecule has 2 heterocycles. The van der Waals surface area contributed by atoms with Gasteiger partial charge in [0.1, 0.15) is 6.54 Å². The predicted molar refractivity (Wildman–Crippen MR) is 98.9 cm³/mol. The molecule has 27 heavy (non-hydrogen) atoms. The maximum atomic E-state index is 12.7. The minimum absolute atomic E-state index is 0.0555. The summed E-state index contributed by atoms with van der Waals surface area (Å²) in [5, 5.41) is 9.03. The number of nitrogens with zero attached hydrogens (tertiary/aromatic N) is 3. The van der Waals surface area contributed by atoms with Gasteiger partial charge in [-0.1, -0.05) is 12.8 Å². The van der Waals surface area contributed by atoms with Crippen molar-refractivity contribution in [2.75, 3.05) is 32.7 Å². The molecule has 8 heteroatoms. The minimum Gasteiger partial charge on any atom is -0.480 e. The number of carboxylic acid groups (broad SMARTS) is 1. The van der Waals surface area contributed by atoms with Crippen molar-refractivity contribution in [1.82, 2.24) is 14.7 Å². The first-order chi connectivity index (χ1) is 12.9. The molecule has 0 radical (unpaired) electrons. The van der Waals surface area contributed by atoms with Crippen molar-refractivity contribution in [3.63, 3.8) is 0 Å². The van der Waals surface area contributed by atoms with Crippen LogP contribution >= 0.6 is 0 Å². The standard InChI is InChI=1S/C19H31N3O5/c1-15(23)22(14-19(26)27)16-7-6-11-20(12-9-16)18(25)13-21-10-5-3-2-4-8-17(21)24/h16H,2-14H2,1H3,(H,26,27). The van der Waals surface area contributed by atoms with Crippen molar-refractivity contribution >= 4 is 23.7 Å². The van der Waals surface area contributed by atoms with Crippen LogP contribution < -0.4 is 0 Å². The summed E-state index contributed by atoms with van der Waals surface area (Å²) in [6.07, 6.45) is 6.46. The Labute approximate surface area is 160 Å². The van der Waals surface area contributed by atoms with Gasteiger partial charge in [-0.25, -0.2) is 0 Å². The van der Waals surface area contributed by atoms with Gasteiger partial charge in [0.15, 0.2) is 0 Å². The van der Waals surface area contributed by atoms with Gasteiger partial charge < -0.3 is 19.8 Å². The highest BCUT2D eigenvalue weighted by Crippen LogP contribution is 2.18. The fourth-order valence-corrected chi connectivity index (χ4v) is 3.93. The van der Waals surface area contributed by atoms with Gasteiger partial charge in [0.05, 0.1) is 6.54 Å². The zero-order valence-electron chi connectivity index (χ0n) is 16.2. The van der Waals surface area contributed by atoms with Crippen LogP contribution in [0, 0.1) is 0 Å². The van der Waals surface area contributed by atoms with E-state index in [1.54, 1.807) is 9.80 Å². The normalized spacial score (nSPS) is 21.8. The second-order valence-electron chi connectivity index (χ2n) is 7.49. The molecule has 8 nitrogen and oxygen atoms in total. The van der Waals surface area contributed by atoms with E-state index in [1.165, 1.54) is 11.8 Å². The number of rotatable bonds is 5. The number of amides is 3. The van der Waals surface area contributed by atoms with E-state index < -0.39 is 5.97 Å². The second kappa shape index (κ2) is 10.3. The van der Waals surface area contributed by atoms with Gasteiger partial charge in [0, 0.05) is 39.0 Å². The van der Waals surface area contributed by atoms with E-state index in [2.05, 4.69) is 0 Å². The summed E-state index contributed by atoms with van der Waals surface area (Å²) >= 11 is 0. The number of likely N-dealkylation sites (tertiary alicyclic amines) is 2. The van der Waals surface area contributed by atoms with E-state index in [4.69, 9.17) is 5.11 Å². The van der Waals surface area contributed by atoms with Crippen LogP contribution in [0.5, 0.6) is 0 Å². The Balaban J connectivity index is 1.92. The number of hydrogen-bond donors (Lipinski definition) is 1. The smallest absolute Gasteiger partial charge is 0.323 e. The molecule has 2 rings (SSSR count). The van der Waals surface area contributed by atoms with Gasteiger partial charge in [-0.3, -0.25) is 19.2 Å². The quantitative estimate of drug-likeness (QED) is 0.769. The SMILES string of the molecule is CC(=O)N(CC(=O)O)C1CCCN(C(=O)CN2CCCCCCC2=O)CC1. The molecule has 2 aliphatic heterocycles. The van der Waals surface area contributed by atoms with Gasteiger partial charge in [-0.15, -0.1) is 0 Å². The van der Waals surface area contributed by atoms with E-state index in [-0.39, 0.29) is 36.9 Å². The molecular formula is C19H31N3O5. The summed E-state index contributed by atoms with van der Waals surface area (Å²) in [5.74, 6) is -1.29. The molecular weight excluding hydrogens is 350 g/mol. The van der Waals surface area contributed by atoms with Gasteiger partial charge in [0.25, 0.3) is 0 Å². The fraction of sp³-hybridized carbons (Fsp3) is 0.789. The largest absolute Gasteiger partial charge is 0.480 e. The molecule has 152 valence electrons. The van der Waals surface area contributed by atoms with E-state index in [1.807, 2.05) is 0 Å². The highest BCUT2D eigenvalue weighted by atomic mass is 16.4. The average Bonchev–Trinajstić information content (AvgIpc) is 2.85. The first kappa shape index (κ1) is 21.2. The van der Waals surface area contributed by atoms with E-state index in [0.717, 1.165) is 25.7 Å². The Kier molecular flexibility index (Phi) is 8.06. The molecule has 2 saturated heterocycles. The zero-order chi connectivity index (χ0) is 19.8. The maximum Gasteiger partial charge on any atom is 0.323 e. The Morgan fingerprint density at radius 1 is 1.04 bits per heavy atom. The first-order valence-corrected chi connectivity index (χ1v) is 9.93. The first-order valence-electron chi connectivity index (χ1n) is 9.93. The molecule has 0 saturated carbocycles. The summed E-state index contributed by atoms with van der Waals surface area (Å²) in [4.78, 5) is 52.6. The topological polar surface area (TPSA) is 98.2 Å². The molecule has 1 unspecified atom stereocenters. The third-order valence-electron chi connectivity index (χ3n) is 5.45. The van der Waals surface area contributed by atoms with Crippen molar-refractivity contribution in [3.8, 4) is 0 Å². The van der Waals surface area contributed by atoms with Gasteiger partial charge in [-0.05, 0) is 32.1 Å². The fourth-order valence-electron chi connectivity index (χ4n) is 3.93. The van der Waals surface area contributed by atoms with Crippen LogP contribution in [0.25, 0.3) is 0 Å². The molecule has 0 aromatic rings. The molecule has 0 aromatic heterocycles. The molecule has 1 N–H and O–H groups in total. The third-order valence-corrected chi connectivity index (χ3v) is 5.45. The van der Waals surface area contributed by atoms with Crippen molar-refractivity contribution in [2.45, 2.75) is 64.3 Å². The van der Waals surface area contributed by atoms with Crippen LogP contribution in [-0.2, 0) is 19.2 Å². The lowest BCUT2D eigenvalue weighted by molar-refractivity contribution is -0.145. The molecule has 3 amide bonds. The van der Waals surface area contributed by atoms with Crippen molar-refractivity contribution in [2.24, 2.45) is 0 Å². The van der Waals surface area contributed by atoms with Crippen molar-refractivity contribution in [1.29, 1.82) is 0 Å². The van der Waals surface area contributed by atoms with Crippen molar-refractivity contribution in [3.05, 3.63) is 0 Å². The summed E-state index contributed by atoms with van der Waals surface area (Å²) in [6, 6.07) is -0.167. The van der Waals surface area contributed by atoms with Crippen molar-refractivity contribution < 1.29 is 24.3 Å². The second-order valence-corrected chi connectivity index (χ2v) is 7.49. The Morgan fingerprint density at radius 3 is 2.48 bits per heavy atom. The van der Waals surface area contributed by atoms with Crippen LogP contribution in [0.15, 0.2) is 0 Å². The number of carbonyl (C=O) groups excluding carboxylic acids is 3. The molecule has 2 aliphatic rings. The number of carbonyl (C=O) groups is 4.